The van der Waals surface area contributed by atoms with E-state index in [1.807, 2.05) is 0 Å². The Kier molecular flexibility index (Phi) is 5.77. The molecule has 25 heavy (non-hydrogen) atoms. The minimum Gasteiger partial charge on any atom is -0.338 e. The van der Waals surface area contributed by atoms with E-state index in [1.165, 1.54) is 11.8 Å². The number of likely N-dealkylation sites (tertiary alicyclic amines) is 1. The summed E-state index contributed by atoms with van der Waals surface area (Å²) < 4.78 is 65.1. The van der Waals surface area contributed by atoms with Gasteiger partial charge in [0.25, 0.3) is 5.91 Å². The van der Waals surface area contributed by atoms with Crippen molar-refractivity contribution in [1.82, 2.24) is 19.8 Å². The van der Waals surface area contributed by atoms with Gasteiger partial charge in [-0.1, -0.05) is 6.92 Å². The Morgan fingerprint density at radius 3 is 2.48 bits per heavy atom. The molecule has 0 aromatic carbocycles. The molecule has 0 atom stereocenters. The number of aromatic amines is 1. The highest BCUT2D eigenvalue weighted by Crippen LogP contribution is 2.32. The van der Waals surface area contributed by atoms with Crippen LogP contribution in [0.5, 0.6) is 0 Å². The van der Waals surface area contributed by atoms with Gasteiger partial charge in [0, 0.05) is 24.8 Å². The van der Waals surface area contributed by atoms with Gasteiger partial charge in [0.15, 0.2) is 5.69 Å². The quantitative estimate of drug-likeness (QED) is 0.810. The number of carbonyl (C=O) groups is 1. The maximum Gasteiger partial charge on any atom is 0.435 e. The van der Waals surface area contributed by atoms with Crippen molar-refractivity contribution in [2.45, 2.75) is 45.3 Å². The van der Waals surface area contributed by atoms with Crippen LogP contribution >= 0.6 is 0 Å². The van der Waals surface area contributed by atoms with Crippen LogP contribution in [0.1, 0.15) is 47.9 Å². The molecule has 1 aromatic heterocycles. The second kappa shape index (κ2) is 7.32. The van der Waals surface area contributed by atoms with Crippen LogP contribution in [0.25, 0.3) is 0 Å². The Hall–Kier alpha value is -1.62. The second-order valence-electron chi connectivity index (χ2n) is 6.07. The van der Waals surface area contributed by atoms with E-state index < -0.39 is 33.4 Å². The lowest BCUT2D eigenvalue weighted by molar-refractivity contribution is -0.141. The van der Waals surface area contributed by atoms with Gasteiger partial charge < -0.3 is 4.90 Å². The van der Waals surface area contributed by atoms with Gasteiger partial charge in [-0.2, -0.15) is 18.3 Å². The average molecular weight is 382 g/mol. The minimum absolute atomic E-state index is 0.0231. The van der Waals surface area contributed by atoms with E-state index in [1.54, 1.807) is 6.92 Å². The molecule has 0 saturated carbocycles. The first-order valence-corrected chi connectivity index (χ1v) is 9.62. The molecule has 0 aliphatic carbocycles. The van der Waals surface area contributed by atoms with E-state index in [-0.39, 0.29) is 30.6 Å². The summed E-state index contributed by atoms with van der Waals surface area (Å²) in [5.74, 6) is -0.719. The standard InChI is InChI=1S/C14H21F3N4O3S/c1-3-8-25(23,24)20-10-4-6-21(7-5-10)13(22)11-9(2)18-19-12(11)14(15,16)17/h10,20H,3-8H2,1-2H3,(H,18,19). The van der Waals surface area contributed by atoms with E-state index in [0.29, 0.717) is 19.3 Å². The molecule has 1 aromatic rings. The highest BCUT2D eigenvalue weighted by Gasteiger charge is 2.41. The Morgan fingerprint density at radius 1 is 1.36 bits per heavy atom. The molecule has 1 amide bonds. The lowest BCUT2D eigenvalue weighted by Crippen LogP contribution is -2.47. The number of rotatable bonds is 5. The van der Waals surface area contributed by atoms with Crippen LogP contribution in [0.4, 0.5) is 13.2 Å². The summed E-state index contributed by atoms with van der Waals surface area (Å²) in [5.41, 5.74) is -1.64. The summed E-state index contributed by atoms with van der Waals surface area (Å²) in [7, 11) is -3.36. The number of hydrogen-bond acceptors (Lipinski definition) is 4. The van der Waals surface area contributed by atoms with Crippen LogP contribution in [-0.2, 0) is 16.2 Å². The third-order valence-electron chi connectivity index (χ3n) is 4.03. The SMILES string of the molecule is CCCS(=O)(=O)NC1CCN(C(=O)c2c(C(F)(F)F)n[nH]c2C)CC1. The van der Waals surface area contributed by atoms with Crippen LogP contribution in [-0.4, -0.2) is 54.3 Å². The number of aryl methyl sites for hydroxylation is 1. The van der Waals surface area contributed by atoms with Crippen molar-refractivity contribution in [2.24, 2.45) is 0 Å². The molecule has 2 heterocycles. The second-order valence-corrected chi connectivity index (χ2v) is 7.95. The van der Waals surface area contributed by atoms with Crippen LogP contribution < -0.4 is 4.72 Å². The van der Waals surface area contributed by atoms with Gasteiger partial charge in [-0.3, -0.25) is 9.89 Å². The zero-order valence-electron chi connectivity index (χ0n) is 14.0. The molecule has 2 rings (SSSR count). The van der Waals surface area contributed by atoms with Gasteiger partial charge in [-0.15, -0.1) is 0 Å². The first-order chi connectivity index (χ1) is 11.5. The van der Waals surface area contributed by atoms with Crippen LogP contribution in [0.2, 0.25) is 0 Å². The van der Waals surface area contributed by atoms with Crippen molar-refractivity contribution in [3.63, 3.8) is 0 Å². The predicted octanol–water partition coefficient (Wildman–Crippen LogP) is 1.67. The van der Waals surface area contributed by atoms with Gasteiger partial charge in [-0.25, -0.2) is 13.1 Å². The molecule has 0 bridgehead atoms. The Morgan fingerprint density at radius 2 is 1.96 bits per heavy atom. The molecular weight excluding hydrogens is 361 g/mol. The van der Waals surface area contributed by atoms with Crippen molar-refractivity contribution in [3.8, 4) is 0 Å². The zero-order chi connectivity index (χ0) is 18.8. The Bertz CT molecular complexity index is 722. The molecule has 142 valence electrons. The third kappa shape index (κ3) is 4.72. The van der Waals surface area contributed by atoms with E-state index in [9.17, 15) is 26.4 Å². The van der Waals surface area contributed by atoms with Gasteiger partial charge in [0.05, 0.1) is 11.3 Å². The maximum absolute atomic E-state index is 13.0. The topological polar surface area (TPSA) is 95.2 Å². The van der Waals surface area contributed by atoms with Crippen molar-refractivity contribution >= 4 is 15.9 Å². The van der Waals surface area contributed by atoms with E-state index in [0.717, 1.165) is 0 Å². The number of nitrogens with zero attached hydrogens (tertiary/aromatic N) is 2. The van der Waals surface area contributed by atoms with Gasteiger partial charge in [-0.05, 0) is 26.2 Å². The molecule has 7 nitrogen and oxygen atoms in total. The normalized spacial score (nSPS) is 17.1. The number of piperidine rings is 1. The van der Waals surface area contributed by atoms with E-state index >= 15 is 0 Å². The summed E-state index contributed by atoms with van der Waals surface area (Å²) in [6, 6.07) is -0.312. The third-order valence-corrected chi connectivity index (χ3v) is 5.67. The fourth-order valence-electron chi connectivity index (χ4n) is 2.84. The van der Waals surface area contributed by atoms with Crippen molar-refractivity contribution < 1.29 is 26.4 Å². The fraction of sp³-hybridized carbons (Fsp3) is 0.714. The Balaban J connectivity index is 2.04. The molecule has 11 heteroatoms. The molecule has 1 saturated heterocycles. The fourth-order valence-corrected chi connectivity index (χ4v) is 4.23. The minimum atomic E-state index is -4.72. The van der Waals surface area contributed by atoms with E-state index in [2.05, 4.69) is 14.9 Å². The van der Waals surface area contributed by atoms with Crippen LogP contribution in [0.3, 0.4) is 0 Å². The van der Waals surface area contributed by atoms with Crippen LogP contribution in [0.15, 0.2) is 0 Å². The molecule has 1 aliphatic rings. The predicted molar refractivity (Wildman–Crippen MR) is 84.5 cm³/mol. The van der Waals surface area contributed by atoms with Crippen molar-refractivity contribution in [1.29, 1.82) is 0 Å². The van der Waals surface area contributed by atoms with Crippen molar-refractivity contribution in [2.75, 3.05) is 18.8 Å². The average Bonchev–Trinajstić information content (AvgIpc) is 2.88. The molecule has 2 N–H and O–H groups in total. The highest BCUT2D eigenvalue weighted by molar-refractivity contribution is 7.89. The summed E-state index contributed by atoms with van der Waals surface area (Å²) in [5, 5.41) is 5.41. The monoisotopic (exact) mass is 382 g/mol. The molecule has 0 radical (unpaired) electrons. The summed E-state index contributed by atoms with van der Waals surface area (Å²) >= 11 is 0. The number of alkyl halides is 3. The van der Waals surface area contributed by atoms with E-state index in [4.69, 9.17) is 0 Å². The van der Waals surface area contributed by atoms with Gasteiger partial charge in [0.1, 0.15) is 0 Å². The number of aromatic nitrogens is 2. The van der Waals surface area contributed by atoms with Gasteiger partial charge in [0.2, 0.25) is 10.0 Å². The lowest BCUT2D eigenvalue weighted by Gasteiger charge is -2.32. The molecule has 1 fully saturated rings. The Labute approximate surface area is 144 Å². The molecule has 0 spiro atoms. The maximum atomic E-state index is 13.0. The number of hydrogen-bond donors (Lipinski definition) is 2. The lowest BCUT2D eigenvalue weighted by atomic mass is 10.0. The summed E-state index contributed by atoms with van der Waals surface area (Å²) in [6.45, 7) is 3.48. The van der Waals surface area contributed by atoms with Crippen LogP contribution in [0, 0.1) is 6.92 Å². The number of H-pyrrole nitrogens is 1. The van der Waals surface area contributed by atoms with Gasteiger partial charge >= 0.3 is 6.18 Å². The number of nitrogens with one attached hydrogen (secondary N) is 2. The summed E-state index contributed by atoms with van der Waals surface area (Å²) in [4.78, 5) is 13.8. The first-order valence-electron chi connectivity index (χ1n) is 7.96. The zero-order valence-corrected chi connectivity index (χ0v) is 14.8. The number of amides is 1. The molecular formula is C14H21F3N4O3S. The smallest absolute Gasteiger partial charge is 0.338 e. The number of sulfonamides is 1. The summed E-state index contributed by atoms with van der Waals surface area (Å²) in [6.07, 6.45) is -3.52. The molecule has 1 aliphatic heterocycles. The molecule has 0 unspecified atom stereocenters. The largest absolute Gasteiger partial charge is 0.435 e. The first kappa shape index (κ1) is 19.7. The highest BCUT2D eigenvalue weighted by atomic mass is 32.2. The number of halogens is 3. The number of carbonyl (C=O) groups excluding carboxylic acids is 1. The van der Waals surface area contributed by atoms with Crippen molar-refractivity contribution in [3.05, 3.63) is 17.0 Å².